The third-order valence-corrected chi connectivity index (χ3v) is 4.76. The predicted octanol–water partition coefficient (Wildman–Crippen LogP) is 4.95. The van der Waals surface area contributed by atoms with Crippen molar-refractivity contribution in [2.24, 2.45) is 5.92 Å². The second-order valence-electron chi connectivity index (χ2n) is 6.05. The van der Waals surface area contributed by atoms with Crippen molar-refractivity contribution < 1.29 is 9.90 Å². The number of carbonyl (C=O) groups excluding carboxylic acids is 1. The highest BCUT2D eigenvalue weighted by Gasteiger charge is 2.09. The van der Waals surface area contributed by atoms with Crippen LogP contribution in [0.15, 0.2) is 23.1 Å². The number of allylic oxidation sites excluding steroid dienone is 1. The van der Waals surface area contributed by atoms with E-state index >= 15 is 0 Å². The molecule has 0 unspecified atom stereocenters. The van der Waals surface area contributed by atoms with Gasteiger partial charge in [-0.3, -0.25) is 4.79 Å². The normalized spacial score (nSPS) is 15.1. The molecule has 128 valence electrons. The number of aliphatic hydroxyl groups excluding tert-OH is 1. The topological polar surface area (TPSA) is 50.2 Å². The van der Waals surface area contributed by atoms with Crippen LogP contribution in [0.4, 0.5) is 0 Å². The standard InChI is InChI=1S/C19H29NO2S/c1-5-18(21)14(2)10-8-6-7-9-11-19(22)15(3)12-17-13-23-16(4)20-17/h7,9,12-14,19,22H,5-6,8,10-11H2,1-4H3/b9-7-,15-12+/t14-,19+/m1/s1. The number of hydrogen-bond donors (Lipinski definition) is 1. The largest absolute Gasteiger partial charge is 0.388 e. The molecular weight excluding hydrogens is 306 g/mol. The Morgan fingerprint density at radius 1 is 1.43 bits per heavy atom. The van der Waals surface area contributed by atoms with E-state index in [0.29, 0.717) is 18.6 Å². The summed E-state index contributed by atoms with van der Waals surface area (Å²) >= 11 is 1.62. The molecule has 4 heteroatoms. The Morgan fingerprint density at radius 2 is 2.17 bits per heavy atom. The van der Waals surface area contributed by atoms with Crippen molar-refractivity contribution in [3.05, 3.63) is 33.8 Å². The monoisotopic (exact) mass is 335 g/mol. The van der Waals surface area contributed by atoms with Crippen LogP contribution in [0.2, 0.25) is 0 Å². The summed E-state index contributed by atoms with van der Waals surface area (Å²) in [5.41, 5.74) is 1.85. The van der Waals surface area contributed by atoms with Gasteiger partial charge in [0.25, 0.3) is 0 Å². The molecule has 0 aliphatic heterocycles. The summed E-state index contributed by atoms with van der Waals surface area (Å²) in [5.74, 6) is 0.521. The summed E-state index contributed by atoms with van der Waals surface area (Å²) in [7, 11) is 0. The van der Waals surface area contributed by atoms with Gasteiger partial charge in [0.15, 0.2) is 0 Å². The number of ketones is 1. The van der Waals surface area contributed by atoms with Gasteiger partial charge in [0, 0.05) is 17.7 Å². The molecule has 0 amide bonds. The van der Waals surface area contributed by atoms with Gasteiger partial charge in [-0.25, -0.2) is 4.98 Å². The second-order valence-corrected chi connectivity index (χ2v) is 7.12. The molecule has 0 fully saturated rings. The Morgan fingerprint density at radius 3 is 2.78 bits per heavy atom. The van der Waals surface area contributed by atoms with Crippen molar-refractivity contribution >= 4 is 23.2 Å². The molecule has 1 aromatic rings. The summed E-state index contributed by atoms with van der Waals surface area (Å²) in [5, 5.41) is 13.2. The first-order chi connectivity index (χ1) is 10.9. The van der Waals surface area contributed by atoms with Gasteiger partial charge in [0.05, 0.1) is 16.8 Å². The van der Waals surface area contributed by atoms with E-state index in [2.05, 4.69) is 11.1 Å². The van der Waals surface area contributed by atoms with Crippen LogP contribution in [0.1, 0.15) is 63.6 Å². The molecule has 2 atom stereocenters. The van der Waals surface area contributed by atoms with E-state index < -0.39 is 6.10 Å². The Balaban J connectivity index is 2.28. The van der Waals surface area contributed by atoms with Gasteiger partial charge in [-0.1, -0.05) is 26.0 Å². The lowest BCUT2D eigenvalue weighted by Crippen LogP contribution is -2.08. The van der Waals surface area contributed by atoms with E-state index in [1.807, 2.05) is 45.2 Å². The number of aryl methyl sites for hydroxylation is 1. The Labute approximate surface area is 144 Å². The first kappa shape index (κ1) is 19.8. The molecule has 1 aromatic heterocycles. The number of Topliss-reactive ketones (excluding diaryl/α,β-unsaturated/α-hetero) is 1. The minimum absolute atomic E-state index is 0.172. The highest BCUT2D eigenvalue weighted by atomic mass is 32.1. The Bertz CT molecular complexity index is 545. The number of aliphatic hydroxyl groups is 1. The summed E-state index contributed by atoms with van der Waals surface area (Å²) in [6.45, 7) is 7.84. The van der Waals surface area contributed by atoms with E-state index in [1.54, 1.807) is 11.3 Å². The van der Waals surface area contributed by atoms with E-state index in [0.717, 1.165) is 35.5 Å². The lowest BCUT2D eigenvalue weighted by atomic mass is 9.98. The van der Waals surface area contributed by atoms with E-state index in [-0.39, 0.29) is 5.92 Å². The van der Waals surface area contributed by atoms with E-state index in [1.165, 1.54) is 0 Å². The number of thiazole rings is 1. The molecule has 0 spiro atoms. The number of nitrogens with zero attached hydrogens (tertiary/aromatic N) is 1. The van der Waals surface area contributed by atoms with Gasteiger partial charge in [0.1, 0.15) is 5.78 Å². The van der Waals surface area contributed by atoms with Crippen LogP contribution < -0.4 is 0 Å². The van der Waals surface area contributed by atoms with E-state index in [4.69, 9.17) is 0 Å². The first-order valence-corrected chi connectivity index (χ1v) is 9.28. The highest BCUT2D eigenvalue weighted by molar-refractivity contribution is 7.09. The van der Waals surface area contributed by atoms with Crippen LogP contribution >= 0.6 is 11.3 Å². The number of rotatable bonds is 10. The fourth-order valence-corrected chi connectivity index (χ4v) is 2.93. The number of carbonyl (C=O) groups is 1. The van der Waals surface area contributed by atoms with Crippen LogP contribution in [-0.4, -0.2) is 22.0 Å². The average Bonchev–Trinajstić information content (AvgIpc) is 2.94. The predicted molar refractivity (Wildman–Crippen MR) is 98.6 cm³/mol. The fourth-order valence-electron chi connectivity index (χ4n) is 2.36. The van der Waals surface area contributed by atoms with Crippen LogP contribution in [0.5, 0.6) is 0 Å². The van der Waals surface area contributed by atoms with Crippen molar-refractivity contribution in [1.29, 1.82) is 0 Å². The maximum Gasteiger partial charge on any atom is 0.135 e. The quantitative estimate of drug-likeness (QED) is 0.486. The Hall–Kier alpha value is -1.26. The molecule has 0 bridgehead atoms. The van der Waals surface area contributed by atoms with Gasteiger partial charge in [-0.05, 0) is 51.2 Å². The molecule has 1 heterocycles. The van der Waals surface area contributed by atoms with Gasteiger partial charge in [0.2, 0.25) is 0 Å². The third-order valence-electron chi connectivity index (χ3n) is 3.97. The molecule has 0 aliphatic carbocycles. The smallest absolute Gasteiger partial charge is 0.135 e. The fraction of sp³-hybridized carbons (Fsp3) is 0.579. The van der Waals surface area contributed by atoms with Crippen LogP contribution in [0.25, 0.3) is 6.08 Å². The molecule has 0 radical (unpaired) electrons. The van der Waals surface area contributed by atoms with Crippen molar-refractivity contribution in [1.82, 2.24) is 4.98 Å². The average molecular weight is 336 g/mol. The zero-order valence-electron chi connectivity index (χ0n) is 14.7. The van der Waals surface area contributed by atoms with E-state index in [9.17, 15) is 9.90 Å². The van der Waals surface area contributed by atoms with Gasteiger partial charge in [-0.15, -0.1) is 11.3 Å². The summed E-state index contributed by atoms with van der Waals surface area (Å²) < 4.78 is 0. The summed E-state index contributed by atoms with van der Waals surface area (Å²) in [6.07, 6.45) is 9.79. The third kappa shape index (κ3) is 7.71. The molecular formula is C19H29NO2S. The molecule has 1 N–H and O–H groups in total. The zero-order valence-corrected chi connectivity index (χ0v) is 15.5. The highest BCUT2D eigenvalue weighted by Crippen LogP contribution is 2.15. The van der Waals surface area contributed by atoms with Gasteiger partial charge < -0.3 is 5.11 Å². The number of unbranched alkanes of at least 4 members (excludes halogenated alkanes) is 1. The summed E-state index contributed by atoms with van der Waals surface area (Å²) in [4.78, 5) is 15.9. The van der Waals surface area contributed by atoms with Gasteiger partial charge in [-0.2, -0.15) is 0 Å². The minimum atomic E-state index is -0.464. The first-order valence-electron chi connectivity index (χ1n) is 8.40. The molecule has 3 nitrogen and oxygen atoms in total. The van der Waals surface area contributed by atoms with Crippen molar-refractivity contribution in [3.8, 4) is 0 Å². The van der Waals surface area contributed by atoms with Crippen molar-refractivity contribution in [2.45, 2.75) is 65.9 Å². The number of aromatic nitrogens is 1. The SMILES string of the molecule is CCC(=O)[C@H](C)CCC/C=C\C[C@H](O)/C(C)=C/c1csc(C)n1. The van der Waals surface area contributed by atoms with Gasteiger partial charge >= 0.3 is 0 Å². The maximum atomic E-state index is 11.5. The zero-order chi connectivity index (χ0) is 17.2. The lowest BCUT2D eigenvalue weighted by Gasteiger charge is -2.08. The van der Waals surface area contributed by atoms with Crippen LogP contribution in [0, 0.1) is 12.8 Å². The van der Waals surface area contributed by atoms with Crippen molar-refractivity contribution in [3.63, 3.8) is 0 Å². The lowest BCUT2D eigenvalue weighted by molar-refractivity contribution is -0.122. The second kappa shape index (κ2) is 10.5. The molecule has 0 saturated carbocycles. The molecule has 0 saturated heterocycles. The van der Waals surface area contributed by atoms with Crippen LogP contribution in [0.3, 0.4) is 0 Å². The maximum absolute atomic E-state index is 11.5. The molecule has 23 heavy (non-hydrogen) atoms. The Kier molecular flexibility index (Phi) is 9.03. The number of hydrogen-bond acceptors (Lipinski definition) is 4. The molecule has 0 aromatic carbocycles. The van der Waals surface area contributed by atoms with Crippen LogP contribution in [-0.2, 0) is 4.79 Å². The minimum Gasteiger partial charge on any atom is -0.388 e. The molecule has 0 aliphatic rings. The summed E-state index contributed by atoms with van der Waals surface area (Å²) in [6, 6.07) is 0. The molecule has 1 rings (SSSR count). The van der Waals surface area contributed by atoms with Crippen molar-refractivity contribution in [2.75, 3.05) is 0 Å².